The van der Waals surface area contributed by atoms with E-state index in [2.05, 4.69) is 25.7 Å². The molecule has 0 aliphatic heterocycles. The quantitative estimate of drug-likeness (QED) is 0.392. The van der Waals surface area contributed by atoms with Gasteiger partial charge >= 0.3 is 0 Å². The molecule has 2 aromatic heterocycles. The smallest absolute Gasteiger partial charge is 0.251 e. The molecule has 2 heterocycles. The number of hydrogen-bond donors (Lipinski definition) is 2. The maximum atomic E-state index is 12.6. The van der Waals surface area contributed by atoms with E-state index >= 15 is 0 Å². The molecule has 4 aromatic rings. The fraction of sp³-hybridized carbons (Fsp3) is 0.250. The zero-order valence-corrected chi connectivity index (χ0v) is 19.6. The summed E-state index contributed by atoms with van der Waals surface area (Å²) in [6.07, 6.45) is 3.38. The lowest BCUT2D eigenvalue weighted by atomic mass is 10.1. The Morgan fingerprint density at radius 2 is 1.85 bits per heavy atom. The highest BCUT2D eigenvalue weighted by Gasteiger charge is 2.14. The van der Waals surface area contributed by atoms with E-state index in [0.717, 1.165) is 17.8 Å². The Labute approximate surface area is 197 Å². The third-order valence-electron chi connectivity index (χ3n) is 5.10. The second-order valence-electron chi connectivity index (χ2n) is 7.85. The molecule has 0 aliphatic carbocycles. The Bertz CT molecular complexity index is 1280. The Morgan fingerprint density at radius 1 is 1.09 bits per heavy atom. The number of methoxy groups -OCH3 is 2. The Morgan fingerprint density at radius 3 is 2.56 bits per heavy atom. The second kappa shape index (κ2) is 10.2. The SMILES string of the molecule is COc1cc(Nc2nc3c(-c4cccc(C(=O)NCCN(C)C)c4)nccn3n2)cc(OC)c1. The molecule has 0 saturated carbocycles. The van der Waals surface area contributed by atoms with E-state index in [4.69, 9.17) is 9.47 Å². The maximum absolute atomic E-state index is 12.6. The number of fused-ring (bicyclic) bond motifs is 1. The minimum absolute atomic E-state index is 0.133. The van der Waals surface area contributed by atoms with Crippen LogP contribution in [0.5, 0.6) is 11.5 Å². The molecule has 0 radical (unpaired) electrons. The number of benzene rings is 2. The van der Waals surface area contributed by atoms with Gasteiger partial charge in [0.2, 0.25) is 5.95 Å². The van der Waals surface area contributed by atoms with Crippen LogP contribution in [0, 0.1) is 0 Å². The van der Waals surface area contributed by atoms with E-state index in [1.807, 2.05) is 49.3 Å². The molecule has 176 valence electrons. The molecule has 1 amide bonds. The van der Waals surface area contributed by atoms with Gasteiger partial charge in [-0.3, -0.25) is 9.78 Å². The maximum Gasteiger partial charge on any atom is 0.251 e. The molecule has 4 rings (SSSR count). The van der Waals surface area contributed by atoms with E-state index in [0.29, 0.717) is 40.9 Å². The minimum Gasteiger partial charge on any atom is -0.497 e. The summed E-state index contributed by atoms with van der Waals surface area (Å²) in [6, 6.07) is 12.8. The number of nitrogens with one attached hydrogen (secondary N) is 2. The van der Waals surface area contributed by atoms with E-state index in [1.165, 1.54) is 0 Å². The Balaban J connectivity index is 1.61. The minimum atomic E-state index is -0.133. The number of amides is 1. The standard InChI is InChI=1S/C24H27N7O3/c1-30(2)10-8-26-23(32)17-7-5-6-16(12-17)21-22-28-24(29-31(22)11-9-25-21)27-18-13-19(33-3)15-20(14-18)34-4/h5-7,9,11-15H,8,10H2,1-4H3,(H,26,32)(H,27,29). The third kappa shape index (κ3) is 5.24. The molecular weight excluding hydrogens is 434 g/mol. The lowest BCUT2D eigenvalue weighted by molar-refractivity contribution is 0.0951. The highest BCUT2D eigenvalue weighted by Crippen LogP contribution is 2.28. The first-order valence-electron chi connectivity index (χ1n) is 10.7. The molecule has 0 atom stereocenters. The number of rotatable bonds is 9. The van der Waals surface area contributed by atoms with Crippen LogP contribution >= 0.6 is 0 Å². The summed E-state index contributed by atoms with van der Waals surface area (Å²) in [4.78, 5) is 23.7. The molecule has 2 N–H and O–H groups in total. The van der Waals surface area contributed by atoms with Crippen molar-refractivity contribution in [2.75, 3.05) is 46.7 Å². The molecule has 0 unspecified atom stereocenters. The monoisotopic (exact) mass is 461 g/mol. The number of carbonyl (C=O) groups excluding carboxylic acids is 1. The zero-order valence-electron chi connectivity index (χ0n) is 19.6. The normalized spacial score (nSPS) is 11.0. The van der Waals surface area contributed by atoms with Gasteiger partial charge in [0.15, 0.2) is 5.65 Å². The van der Waals surface area contributed by atoms with Gasteiger partial charge in [-0.2, -0.15) is 4.98 Å². The van der Waals surface area contributed by atoms with E-state index in [-0.39, 0.29) is 5.91 Å². The number of ether oxygens (including phenoxy) is 2. The van der Waals surface area contributed by atoms with Crippen LogP contribution in [0.15, 0.2) is 54.9 Å². The van der Waals surface area contributed by atoms with Gasteiger partial charge in [-0.15, -0.1) is 5.10 Å². The van der Waals surface area contributed by atoms with Crippen LogP contribution in [0.2, 0.25) is 0 Å². The summed E-state index contributed by atoms with van der Waals surface area (Å²) in [5.74, 6) is 1.55. The summed E-state index contributed by atoms with van der Waals surface area (Å²) in [7, 11) is 7.11. The number of hydrogen-bond acceptors (Lipinski definition) is 8. The molecule has 2 aromatic carbocycles. The number of anilines is 2. The van der Waals surface area contributed by atoms with Crippen LogP contribution in [0.25, 0.3) is 16.9 Å². The molecule has 0 fully saturated rings. The van der Waals surface area contributed by atoms with Crippen molar-refractivity contribution in [3.63, 3.8) is 0 Å². The van der Waals surface area contributed by atoms with Crippen molar-refractivity contribution in [3.8, 4) is 22.8 Å². The van der Waals surface area contributed by atoms with Gasteiger partial charge in [-0.25, -0.2) is 4.52 Å². The molecule has 34 heavy (non-hydrogen) atoms. The first kappa shape index (κ1) is 23.0. The third-order valence-corrected chi connectivity index (χ3v) is 5.10. The molecule has 0 spiro atoms. The van der Waals surface area contributed by atoms with Crippen molar-refractivity contribution in [3.05, 3.63) is 60.4 Å². The van der Waals surface area contributed by atoms with Gasteiger partial charge in [0, 0.05) is 60.5 Å². The van der Waals surface area contributed by atoms with Crippen LogP contribution in [-0.4, -0.2) is 71.8 Å². The van der Waals surface area contributed by atoms with Gasteiger partial charge in [0.1, 0.15) is 17.2 Å². The first-order valence-corrected chi connectivity index (χ1v) is 10.7. The Kier molecular flexibility index (Phi) is 6.88. The molecular formula is C24H27N7O3. The van der Waals surface area contributed by atoms with Crippen LogP contribution in [0.4, 0.5) is 11.6 Å². The summed E-state index contributed by atoms with van der Waals surface area (Å²) in [6.45, 7) is 1.33. The van der Waals surface area contributed by atoms with Crippen LogP contribution in [-0.2, 0) is 0 Å². The van der Waals surface area contributed by atoms with Gasteiger partial charge < -0.3 is 25.0 Å². The molecule has 0 bridgehead atoms. The van der Waals surface area contributed by atoms with Crippen molar-refractivity contribution in [1.82, 2.24) is 29.8 Å². The van der Waals surface area contributed by atoms with Gasteiger partial charge in [-0.1, -0.05) is 12.1 Å². The summed E-state index contributed by atoms with van der Waals surface area (Å²) in [5.41, 5.74) is 3.23. The predicted molar refractivity (Wildman–Crippen MR) is 130 cm³/mol. The van der Waals surface area contributed by atoms with Crippen molar-refractivity contribution >= 4 is 23.2 Å². The number of carbonyl (C=O) groups is 1. The highest BCUT2D eigenvalue weighted by molar-refractivity contribution is 5.95. The number of nitrogens with zero attached hydrogens (tertiary/aromatic N) is 5. The average Bonchev–Trinajstić information content (AvgIpc) is 3.25. The largest absolute Gasteiger partial charge is 0.497 e. The van der Waals surface area contributed by atoms with E-state index in [9.17, 15) is 4.79 Å². The van der Waals surface area contributed by atoms with Crippen LogP contribution in [0.3, 0.4) is 0 Å². The van der Waals surface area contributed by atoms with Crippen LogP contribution < -0.4 is 20.1 Å². The second-order valence-corrected chi connectivity index (χ2v) is 7.85. The van der Waals surface area contributed by atoms with Crippen molar-refractivity contribution in [2.24, 2.45) is 0 Å². The number of likely N-dealkylation sites (N-methyl/N-ethyl adjacent to an activating group) is 1. The zero-order chi connectivity index (χ0) is 24.1. The number of aromatic nitrogens is 4. The van der Waals surface area contributed by atoms with Crippen molar-refractivity contribution in [2.45, 2.75) is 0 Å². The summed E-state index contributed by atoms with van der Waals surface area (Å²) in [5, 5.41) is 10.6. The molecule has 0 saturated heterocycles. The summed E-state index contributed by atoms with van der Waals surface area (Å²) < 4.78 is 12.3. The molecule has 10 heteroatoms. The lowest BCUT2D eigenvalue weighted by Crippen LogP contribution is -2.31. The van der Waals surface area contributed by atoms with Crippen molar-refractivity contribution < 1.29 is 14.3 Å². The first-order chi connectivity index (χ1) is 16.5. The van der Waals surface area contributed by atoms with Crippen LogP contribution in [0.1, 0.15) is 10.4 Å². The topological polar surface area (TPSA) is 106 Å². The highest BCUT2D eigenvalue weighted by atomic mass is 16.5. The fourth-order valence-electron chi connectivity index (χ4n) is 3.39. The van der Waals surface area contributed by atoms with Gasteiger partial charge in [0.25, 0.3) is 5.91 Å². The van der Waals surface area contributed by atoms with Gasteiger partial charge in [-0.05, 0) is 26.2 Å². The van der Waals surface area contributed by atoms with Gasteiger partial charge in [0.05, 0.1) is 14.2 Å². The van der Waals surface area contributed by atoms with Crippen molar-refractivity contribution in [1.29, 1.82) is 0 Å². The lowest BCUT2D eigenvalue weighted by Gasteiger charge is -2.11. The van der Waals surface area contributed by atoms with E-state index < -0.39 is 0 Å². The fourth-order valence-corrected chi connectivity index (χ4v) is 3.39. The Hall–Kier alpha value is -4.18. The molecule has 10 nitrogen and oxygen atoms in total. The summed E-state index contributed by atoms with van der Waals surface area (Å²) >= 11 is 0. The molecule has 0 aliphatic rings. The van der Waals surface area contributed by atoms with E-state index in [1.54, 1.807) is 43.3 Å². The predicted octanol–water partition coefficient (Wildman–Crippen LogP) is 2.84. The average molecular weight is 462 g/mol.